The van der Waals surface area contributed by atoms with Gasteiger partial charge in [-0.25, -0.2) is 0 Å². The van der Waals surface area contributed by atoms with E-state index in [0.717, 1.165) is 5.13 Å². The first kappa shape index (κ1) is 12.9. The molecule has 0 aromatic carbocycles. The van der Waals surface area contributed by atoms with Crippen LogP contribution in [0.3, 0.4) is 0 Å². The molecule has 0 saturated carbocycles. The monoisotopic (exact) mass is 245 g/mol. The lowest BCUT2D eigenvalue weighted by Crippen LogP contribution is -2.29. The molecule has 0 N–H and O–H groups in total. The number of anilines is 1. The molecule has 0 spiro atoms. The van der Waals surface area contributed by atoms with Crippen LogP contribution in [0, 0.1) is 0 Å². The Morgan fingerprint density at radius 2 is 2.31 bits per heavy atom. The highest BCUT2D eigenvalue weighted by atomic mass is 32.1. The van der Waals surface area contributed by atoms with Gasteiger partial charge in [0.2, 0.25) is 5.13 Å². The van der Waals surface area contributed by atoms with Crippen LogP contribution in [-0.4, -0.2) is 50.1 Å². The van der Waals surface area contributed by atoms with Gasteiger partial charge in [0.1, 0.15) is 5.51 Å². The summed E-state index contributed by atoms with van der Waals surface area (Å²) >= 11 is 1.44. The van der Waals surface area contributed by atoms with E-state index in [9.17, 15) is 4.79 Å². The van der Waals surface area contributed by atoms with Crippen molar-refractivity contribution in [2.75, 3.05) is 38.8 Å². The third-order valence-corrected chi connectivity index (χ3v) is 2.75. The summed E-state index contributed by atoms with van der Waals surface area (Å²) in [5, 5.41) is 8.52. The Bertz CT molecular complexity index is 305. The first-order valence-corrected chi connectivity index (χ1v) is 5.72. The Balaban J connectivity index is 2.47. The number of hydrogen-bond acceptors (Lipinski definition) is 7. The number of ether oxygens (including phenoxy) is 2. The maximum Gasteiger partial charge on any atom is 0.307 e. The van der Waals surface area contributed by atoms with Crippen molar-refractivity contribution in [3.8, 4) is 0 Å². The van der Waals surface area contributed by atoms with E-state index in [2.05, 4.69) is 14.9 Å². The third kappa shape index (κ3) is 4.11. The zero-order valence-electron chi connectivity index (χ0n) is 9.38. The zero-order valence-corrected chi connectivity index (χ0v) is 10.2. The molecule has 1 heterocycles. The largest absolute Gasteiger partial charge is 0.469 e. The average molecular weight is 245 g/mol. The Morgan fingerprint density at radius 3 is 2.88 bits per heavy atom. The number of hydrogen-bond donors (Lipinski definition) is 0. The van der Waals surface area contributed by atoms with Crippen molar-refractivity contribution in [2.24, 2.45) is 0 Å². The highest BCUT2D eigenvalue weighted by molar-refractivity contribution is 7.13. The molecule has 90 valence electrons. The molecule has 0 atom stereocenters. The summed E-state index contributed by atoms with van der Waals surface area (Å²) in [6.45, 7) is 1.83. The highest BCUT2D eigenvalue weighted by Gasteiger charge is 2.11. The van der Waals surface area contributed by atoms with Crippen molar-refractivity contribution in [1.82, 2.24) is 10.2 Å². The predicted molar refractivity (Wildman–Crippen MR) is 60.6 cm³/mol. The first-order valence-electron chi connectivity index (χ1n) is 4.84. The average Bonchev–Trinajstić information content (AvgIpc) is 2.82. The second-order valence-electron chi connectivity index (χ2n) is 3.03. The molecule has 1 aromatic heterocycles. The van der Waals surface area contributed by atoms with Gasteiger partial charge < -0.3 is 14.4 Å². The van der Waals surface area contributed by atoms with Gasteiger partial charge in [0.05, 0.1) is 20.1 Å². The summed E-state index contributed by atoms with van der Waals surface area (Å²) < 4.78 is 9.60. The normalized spacial score (nSPS) is 10.1. The van der Waals surface area contributed by atoms with E-state index in [4.69, 9.17) is 4.74 Å². The minimum absolute atomic E-state index is 0.230. The van der Waals surface area contributed by atoms with Crippen molar-refractivity contribution < 1.29 is 14.3 Å². The van der Waals surface area contributed by atoms with E-state index >= 15 is 0 Å². The summed E-state index contributed by atoms with van der Waals surface area (Å²) in [7, 11) is 3.02. The Hall–Kier alpha value is -1.21. The van der Waals surface area contributed by atoms with Crippen molar-refractivity contribution in [3.05, 3.63) is 5.51 Å². The van der Waals surface area contributed by atoms with Gasteiger partial charge in [-0.3, -0.25) is 4.79 Å². The number of esters is 1. The van der Waals surface area contributed by atoms with Crippen molar-refractivity contribution in [2.45, 2.75) is 6.42 Å². The summed E-state index contributed by atoms with van der Waals surface area (Å²) in [4.78, 5) is 13.0. The molecule has 6 nitrogen and oxygen atoms in total. The predicted octanol–water partition coefficient (Wildman–Crippen LogP) is 0.554. The van der Waals surface area contributed by atoms with E-state index in [1.807, 2.05) is 4.90 Å². The second-order valence-corrected chi connectivity index (χ2v) is 3.84. The van der Waals surface area contributed by atoms with Gasteiger partial charge >= 0.3 is 5.97 Å². The maximum absolute atomic E-state index is 11.0. The number of carbonyl (C=O) groups excluding carboxylic acids is 1. The fourth-order valence-corrected chi connectivity index (χ4v) is 1.75. The highest BCUT2D eigenvalue weighted by Crippen LogP contribution is 2.15. The van der Waals surface area contributed by atoms with Crippen LogP contribution < -0.4 is 4.90 Å². The molecule has 0 saturated heterocycles. The SMILES string of the molecule is COCCN(CCC(=O)OC)c1nncs1. The Labute approximate surface area is 98.2 Å². The van der Waals surface area contributed by atoms with Gasteiger partial charge in [0.25, 0.3) is 0 Å². The standard InChI is InChI=1S/C9H15N3O3S/c1-14-6-5-12(4-3-8(13)15-2)9-11-10-7-16-9/h7H,3-6H2,1-2H3. The molecule has 1 rings (SSSR count). The van der Waals surface area contributed by atoms with Gasteiger partial charge in [0, 0.05) is 20.2 Å². The summed E-state index contributed by atoms with van der Waals surface area (Å²) in [5.74, 6) is -0.230. The lowest BCUT2D eigenvalue weighted by atomic mass is 10.4. The fraction of sp³-hybridized carbons (Fsp3) is 0.667. The lowest BCUT2D eigenvalue weighted by molar-refractivity contribution is -0.140. The summed E-state index contributed by atoms with van der Waals surface area (Å²) in [6, 6.07) is 0. The van der Waals surface area contributed by atoms with Crippen LogP contribution in [0.5, 0.6) is 0 Å². The van der Waals surface area contributed by atoms with Crippen LogP contribution in [0.4, 0.5) is 5.13 Å². The van der Waals surface area contributed by atoms with Gasteiger partial charge in [-0.2, -0.15) is 0 Å². The van der Waals surface area contributed by atoms with Gasteiger partial charge in [-0.1, -0.05) is 11.3 Å². The zero-order chi connectivity index (χ0) is 11.8. The maximum atomic E-state index is 11.0. The molecule has 0 unspecified atom stereocenters. The minimum atomic E-state index is -0.230. The van der Waals surface area contributed by atoms with E-state index in [1.165, 1.54) is 18.4 Å². The topological polar surface area (TPSA) is 64.5 Å². The summed E-state index contributed by atoms with van der Waals surface area (Å²) in [5.41, 5.74) is 1.66. The van der Waals surface area contributed by atoms with Gasteiger partial charge in [-0.05, 0) is 0 Å². The molecule has 0 fully saturated rings. The molecule has 0 aliphatic heterocycles. The van der Waals surface area contributed by atoms with E-state index in [0.29, 0.717) is 26.1 Å². The Morgan fingerprint density at radius 1 is 1.50 bits per heavy atom. The molecule has 0 aliphatic carbocycles. The molecular formula is C9H15N3O3S. The van der Waals surface area contributed by atoms with Crippen LogP contribution in [-0.2, 0) is 14.3 Å². The molecule has 0 aliphatic rings. The lowest BCUT2D eigenvalue weighted by Gasteiger charge is -2.19. The minimum Gasteiger partial charge on any atom is -0.469 e. The molecule has 0 radical (unpaired) electrons. The van der Waals surface area contributed by atoms with Crippen LogP contribution in [0.1, 0.15) is 6.42 Å². The quantitative estimate of drug-likeness (QED) is 0.654. The van der Waals surface area contributed by atoms with Crippen molar-refractivity contribution in [3.63, 3.8) is 0 Å². The fourth-order valence-electron chi connectivity index (χ4n) is 1.14. The third-order valence-electron chi connectivity index (χ3n) is 2.00. The number of rotatable bonds is 7. The van der Waals surface area contributed by atoms with Crippen molar-refractivity contribution in [1.29, 1.82) is 0 Å². The number of carbonyl (C=O) groups is 1. The van der Waals surface area contributed by atoms with Crippen LogP contribution >= 0.6 is 11.3 Å². The van der Waals surface area contributed by atoms with Crippen LogP contribution in [0.2, 0.25) is 0 Å². The van der Waals surface area contributed by atoms with Crippen LogP contribution in [0.25, 0.3) is 0 Å². The molecule has 0 bridgehead atoms. The number of methoxy groups -OCH3 is 2. The Kier molecular flexibility index (Phi) is 5.73. The smallest absolute Gasteiger partial charge is 0.307 e. The van der Waals surface area contributed by atoms with Gasteiger partial charge in [-0.15, -0.1) is 10.2 Å². The van der Waals surface area contributed by atoms with Gasteiger partial charge in [0.15, 0.2) is 0 Å². The first-order chi connectivity index (χ1) is 7.77. The van der Waals surface area contributed by atoms with E-state index in [-0.39, 0.29) is 5.97 Å². The molecule has 1 aromatic rings. The van der Waals surface area contributed by atoms with E-state index < -0.39 is 0 Å². The molecule has 16 heavy (non-hydrogen) atoms. The van der Waals surface area contributed by atoms with Crippen molar-refractivity contribution >= 4 is 22.4 Å². The number of aromatic nitrogens is 2. The second kappa shape index (κ2) is 7.13. The molecule has 7 heteroatoms. The number of nitrogens with zero attached hydrogens (tertiary/aromatic N) is 3. The van der Waals surface area contributed by atoms with E-state index in [1.54, 1.807) is 12.6 Å². The molecule has 0 amide bonds. The summed E-state index contributed by atoms with van der Waals surface area (Å²) in [6.07, 6.45) is 0.333. The molecular weight excluding hydrogens is 230 g/mol. The van der Waals surface area contributed by atoms with Crippen LogP contribution in [0.15, 0.2) is 5.51 Å².